The molecule has 0 bridgehead atoms. The van der Waals surface area contributed by atoms with E-state index in [4.69, 9.17) is 11.6 Å². The number of hydrogen-bond acceptors (Lipinski definition) is 3. The Bertz CT molecular complexity index is 633. The van der Waals surface area contributed by atoms with Gasteiger partial charge in [-0.05, 0) is 37.0 Å². The second-order valence-corrected chi connectivity index (χ2v) is 5.74. The molecule has 1 unspecified atom stereocenters. The van der Waals surface area contributed by atoms with E-state index in [-0.39, 0.29) is 17.8 Å². The van der Waals surface area contributed by atoms with Crippen molar-refractivity contribution in [2.75, 3.05) is 0 Å². The summed E-state index contributed by atoms with van der Waals surface area (Å²) in [7, 11) is 0. The van der Waals surface area contributed by atoms with E-state index in [0.29, 0.717) is 10.9 Å². The highest BCUT2D eigenvalue weighted by Gasteiger charge is 2.28. The van der Waals surface area contributed by atoms with Crippen LogP contribution in [0.5, 0.6) is 0 Å². The van der Waals surface area contributed by atoms with E-state index in [2.05, 4.69) is 20.5 Å². The molecule has 0 aliphatic heterocycles. The van der Waals surface area contributed by atoms with Crippen LogP contribution in [0.1, 0.15) is 60.2 Å². The Morgan fingerprint density at radius 3 is 2.76 bits per heavy atom. The van der Waals surface area contributed by atoms with E-state index in [1.807, 2.05) is 31.2 Å². The highest BCUT2D eigenvalue weighted by atomic mass is 35.5. The van der Waals surface area contributed by atoms with E-state index < -0.39 is 0 Å². The van der Waals surface area contributed by atoms with Gasteiger partial charge in [-0.1, -0.05) is 30.7 Å². The minimum absolute atomic E-state index is 0.0716. The van der Waals surface area contributed by atoms with Gasteiger partial charge in [-0.2, -0.15) is 0 Å². The van der Waals surface area contributed by atoms with Gasteiger partial charge in [-0.15, -0.1) is 5.10 Å². The van der Waals surface area contributed by atoms with Gasteiger partial charge in [0.2, 0.25) is 5.82 Å². The third-order valence-corrected chi connectivity index (χ3v) is 3.91. The van der Waals surface area contributed by atoms with Crippen molar-refractivity contribution in [3.63, 3.8) is 0 Å². The number of carbonyl (C=O) groups excluding carboxylic acids is 1. The molecular weight excluding hydrogens is 288 g/mol. The summed E-state index contributed by atoms with van der Waals surface area (Å²) in [6, 6.07) is 7.42. The average Bonchev–Trinajstić information content (AvgIpc) is 3.23. The smallest absolute Gasteiger partial charge is 0.291 e. The summed E-state index contributed by atoms with van der Waals surface area (Å²) in [5.41, 5.74) is 1.02. The fourth-order valence-corrected chi connectivity index (χ4v) is 2.38. The number of aromatic amines is 1. The molecule has 2 aromatic rings. The van der Waals surface area contributed by atoms with Crippen molar-refractivity contribution in [1.29, 1.82) is 0 Å². The predicted octanol–water partition coefficient (Wildman–Crippen LogP) is 3.22. The van der Waals surface area contributed by atoms with E-state index in [1.165, 1.54) is 0 Å². The van der Waals surface area contributed by atoms with Gasteiger partial charge in [0.1, 0.15) is 5.82 Å². The zero-order chi connectivity index (χ0) is 14.8. The minimum Gasteiger partial charge on any atom is -0.342 e. The monoisotopic (exact) mass is 304 g/mol. The molecule has 1 aromatic carbocycles. The molecule has 5 nitrogen and oxygen atoms in total. The average molecular weight is 305 g/mol. The Kier molecular flexibility index (Phi) is 3.92. The third-order valence-electron chi connectivity index (χ3n) is 3.66. The van der Waals surface area contributed by atoms with Gasteiger partial charge in [-0.3, -0.25) is 9.89 Å². The molecule has 21 heavy (non-hydrogen) atoms. The summed E-state index contributed by atoms with van der Waals surface area (Å²) < 4.78 is 0. The van der Waals surface area contributed by atoms with Crippen LogP contribution in [-0.2, 0) is 0 Å². The van der Waals surface area contributed by atoms with Crippen LogP contribution in [0.2, 0.25) is 5.02 Å². The van der Waals surface area contributed by atoms with Gasteiger partial charge in [0.05, 0.1) is 6.04 Å². The van der Waals surface area contributed by atoms with Crippen LogP contribution in [0.4, 0.5) is 0 Å². The SMILES string of the molecule is CCC(NC(=O)c1n[nH]c(C2CC2)n1)c1ccc(Cl)cc1. The highest BCUT2D eigenvalue weighted by Crippen LogP contribution is 2.37. The molecule has 1 amide bonds. The first-order chi connectivity index (χ1) is 10.2. The summed E-state index contributed by atoms with van der Waals surface area (Å²) in [4.78, 5) is 16.5. The molecule has 0 saturated heterocycles. The minimum atomic E-state index is -0.250. The Morgan fingerprint density at radius 1 is 1.43 bits per heavy atom. The largest absolute Gasteiger partial charge is 0.342 e. The Labute approximate surface area is 128 Å². The van der Waals surface area contributed by atoms with E-state index >= 15 is 0 Å². The quantitative estimate of drug-likeness (QED) is 0.891. The topological polar surface area (TPSA) is 70.7 Å². The highest BCUT2D eigenvalue weighted by molar-refractivity contribution is 6.30. The summed E-state index contributed by atoms with van der Waals surface area (Å²) in [5.74, 6) is 1.24. The first kappa shape index (κ1) is 14.1. The summed E-state index contributed by atoms with van der Waals surface area (Å²) in [6.45, 7) is 2.02. The molecular formula is C15H17ClN4O. The molecule has 1 saturated carbocycles. The van der Waals surface area contributed by atoms with E-state index in [1.54, 1.807) is 0 Å². The number of rotatable bonds is 5. The molecule has 0 spiro atoms. The fourth-order valence-electron chi connectivity index (χ4n) is 2.25. The van der Waals surface area contributed by atoms with Crippen molar-refractivity contribution >= 4 is 17.5 Å². The summed E-state index contributed by atoms with van der Waals surface area (Å²) in [6.07, 6.45) is 3.03. The second-order valence-electron chi connectivity index (χ2n) is 5.30. The van der Waals surface area contributed by atoms with Crippen LogP contribution in [0.15, 0.2) is 24.3 Å². The maximum absolute atomic E-state index is 12.2. The Hall–Kier alpha value is -1.88. The fraction of sp³-hybridized carbons (Fsp3) is 0.400. The molecule has 1 aliphatic rings. The number of hydrogen-bond donors (Lipinski definition) is 2. The maximum Gasteiger partial charge on any atom is 0.291 e. The van der Waals surface area contributed by atoms with E-state index in [0.717, 1.165) is 30.7 Å². The Balaban J connectivity index is 1.70. The maximum atomic E-state index is 12.2. The number of carbonyl (C=O) groups is 1. The van der Waals surface area contributed by atoms with Crippen molar-refractivity contribution in [2.24, 2.45) is 0 Å². The molecule has 2 N–H and O–H groups in total. The van der Waals surface area contributed by atoms with Crippen LogP contribution in [-0.4, -0.2) is 21.1 Å². The van der Waals surface area contributed by atoms with Crippen molar-refractivity contribution in [2.45, 2.75) is 38.1 Å². The zero-order valence-electron chi connectivity index (χ0n) is 11.8. The van der Waals surface area contributed by atoms with Gasteiger partial charge in [0.25, 0.3) is 5.91 Å². The normalized spacial score (nSPS) is 15.7. The predicted molar refractivity (Wildman–Crippen MR) is 80.3 cm³/mol. The van der Waals surface area contributed by atoms with Gasteiger partial charge in [0, 0.05) is 10.9 Å². The molecule has 3 rings (SSSR count). The Morgan fingerprint density at radius 2 is 2.14 bits per heavy atom. The van der Waals surface area contributed by atoms with E-state index in [9.17, 15) is 4.79 Å². The second kappa shape index (κ2) is 5.85. The lowest BCUT2D eigenvalue weighted by molar-refractivity contribution is 0.0925. The molecule has 6 heteroatoms. The molecule has 0 radical (unpaired) electrons. The van der Waals surface area contributed by atoms with Crippen molar-refractivity contribution < 1.29 is 4.79 Å². The number of aromatic nitrogens is 3. The van der Waals surface area contributed by atoms with Crippen molar-refractivity contribution in [3.8, 4) is 0 Å². The van der Waals surface area contributed by atoms with Crippen LogP contribution >= 0.6 is 11.6 Å². The lowest BCUT2D eigenvalue weighted by Gasteiger charge is -2.16. The van der Waals surface area contributed by atoms with Crippen molar-refractivity contribution in [3.05, 3.63) is 46.5 Å². The van der Waals surface area contributed by atoms with Gasteiger partial charge < -0.3 is 5.32 Å². The van der Waals surface area contributed by atoms with Crippen LogP contribution < -0.4 is 5.32 Å². The number of amides is 1. The number of halogens is 1. The number of nitrogens with one attached hydrogen (secondary N) is 2. The molecule has 1 aliphatic carbocycles. The van der Waals surface area contributed by atoms with Gasteiger partial charge in [0.15, 0.2) is 0 Å². The van der Waals surface area contributed by atoms with Gasteiger partial charge >= 0.3 is 0 Å². The molecule has 1 fully saturated rings. The number of nitrogens with zero attached hydrogens (tertiary/aromatic N) is 2. The molecule has 1 atom stereocenters. The zero-order valence-corrected chi connectivity index (χ0v) is 12.5. The number of benzene rings is 1. The van der Waals surface area contributed by atoms with Crippen LogP contribution in [0.3, 0.4) is 0 Å². The van der Waals surface area contributed by atoms with Gasteiger partial charge in [-0.25, -0.2) is 4.98 Å². The molecule has 1 heterocycles. The first-order valence-electron chi connectivity index (χ1n) is 7.16. The lowest BCUT2D eigenvalue weighted by Crippen LogP contribution is -2.29. The summed E-state index contributed by atoms with van der Waals surface area (Å²) in [5, 5.41) is 10.5. The standard InChI is InChI=1S/C15H17ClN4O/c1-2-12(9-5-7-11(16)8-6-9)17-15(21)14-18-13(19-20-14)10-3-4-10/h5-8,10,12H,2-4H2,1H3,(H,17,21)(H,18,19,20). The molecule has 1 aromatic heterocycles. The number of H-pyrrole nitrogens is 1. The summed E-state index contributed by atoms with van der Waals surface area (Å²) >= 11 is 5.89. The lowest BCUT2D eigenvalue weighted by atomic mass is 10.0. The van der Waals surface area contributed by atoms with Crippen LogP contribution in [0, 0.1) is 0 Å². The van der Waals surface area contributed by atoms with Crippen molar-refractivity contribution in [1.82, 2.24) is 20.5 Å². The van der Waals surface area contributed by atoms with Crippen LogP contribution in [0.25, 0.3) is 0 Å². The first-order valence-corrected chi connectivity index (χ1v) is 7.53. The molecule has 110 valence electrons. The third kappa shape index (κ3) is 3.24.